The van der Waals surface area contributed by atoms with Crippen molar-refractivity contribution < 1.29 is 9.18 Å². The minimum Gasteiger partial charge on any atom is -0.352 e. The summed E-state index contributed by atoms with van der Waals surface area (Å²) in [6.07, 6.45) is 1.20. The van der Waals surface area contributed by atoms with Gasteiger partial charge >= 0.3 is 0 Å². The molecule has 0 saturated carbocycles. The molecule has 0 saturated heterocycles. The summed E-state index contributed by atoms with van der Waals surface area (Å²) in [4.78, 5) is 11.9. The summed E-state index contributed by atoms with van der Waals surface area (Å²) in [5, 5.41) is 2.89. The predicted octanol–water partition coefficient (Wildman–Crippen LogP) is 4.00. The standard InChI is InChI=1S/C19H22FNO/c1-13-4-6-17(14(2)10-13)7-9-19(22)21-12-16-5-8-18(20)15(3)11-16/h4-6,8,10-11H,7,9,12H2,1-3H3,(H,21,22). The molecule has 1 N–H and O–H groups in total. The molecule has 0 heterocycles. The van der Waals surface area contributed by atoms with Gasteiger partial charge in [0.05, 0.1) is 0 Å². The average molecular weight is 299 g/mol. The normalized spacial score (nSPS) is 10.5. The summed E-state index contributed by atoms with van der Waals surface area (Å²) in [5.41, 5.74) is 5.18. The minimum absolute atomic E-state index is 0.0157. The van der Waals surface area contributed by atoms with Crippen molar-refractivity contribution in [2.75, 3.05) is 0 Å². The summed E-state index contributed by atoms with van der Waals surface area (Å²) >= 11 is 0. The van der Waals surface area contributed by atoms with Crippen molar-refractivity contribution in [3.63, 3.8) is 0 Å². The van der Waals surface area contributed by atoms with Crippen LogP contribution in [-0.2, 0) is 17.8 Å². The van der Waals surface area contributed by atoms with Crippen LogP contribution >= 0.6 is 0 Å². The predicted molar refractivity (Wildman–Crippen MR) is 87.2 cm³/mol. The van der Waals surface area contributed by atoms with Gasteiger partial charge < -0.3 is 5.32 Å². The third-order valence-electron chi connectivity index (χ3n) is 3.83. The second kappa shape index (κ2) is 7.21. The summed E-state index contributed by atoms with van der Waals surface area (Å²) < 4.78 is 13.2. The molecule has 0 bridgehead atoms. The van der Waals surface area contributed by atoms with E-state index in [1.165, 1.54) is 22.8 Å². The van der Waals surface area contributed by atoms with Crippen molar-refractivity contribution in [2.45, 2.75) is 40.2 Å². The van der Waals surface area contributed by atoms with Gasteiger partial charge in [0.1, 0.15) is 5.82 Å². The van der Waals surface area contributed by atoms with Crippen molar-refractivity contribution in [3.8, 4) is 0 Å². The number of carbonyl (C=O) groups is 1. The number of halogens is 1. The molecule has 0 aliphatic carbocycles. The van der Waals surface area contributed by atoms with E-state index in [4.69, 9.17) is 0 Å². The van der Waals surface area contributed by atoms with Gasteiger partial charge in [-0.3, -0.25) is 4.79 Å². The average Bonchev–Trinajstić information content (AvgIpc) is 2.47. The van der Waals surface area contributed by atoms with Crippen LogP contribution in [0.5, 0.6) is 0 Å². The van der Waals surface area contributed by atoms with E-state index in [1.54, 1.807) is 19.1 Å². The smallest absolute Gasteiger partial charge is 0.220 e. The highest BCUT2D eigenvalue weighted by Gasteiger charge is 2.05. The van der Waals surface area contributed by atoms with E-state index in [0.717, 1.165) is 12.0 Å². The zero-order valence-electron chi connectivity index (χ0n) is 13.4. The highest BCUT2D eigenvalue weighted by atomic mass is 19.1. The van der Waals surface area contributed by atoms with Crippen LogP contribution in [-0.4, -0.2) is 5.91 Å². The fourth-order valence-electron chi connectivity index (χ4n) is 2.48. The SMILES string of the molecule is Cc1ccc(CCC(=O)NCc2ccc(F)c(C)c2)c(C)c1. The Kier molecular flexibility index (Phi) is 5.31. The van der Waals surface area contributed by atoms with Crippen molar-refractivity contribution in [1.29, 1.82) is 0 Å². The van der Waals surface area contributed by atoms with Crippen molar-refractivity contribution in [2.24, 2.45) is 0 Å². The zero-order valence-corrected chi connectivity index (χ0v) is 13.4. The van der Waals surface area contributed by atoms with Crippen LogP contribution in [0.3, 0.4) is 0 Å². The maximum atomic E-state index is 13.2. The Morgan fingerprint density at radius 1 is 1.05 bits per heavy atom. The molecule has 116 valence electrons. The molecule has 0 aliphatic rings. The van der Waals surface area contributed by atoms with E-state index in [9.17, 15) is 9.18 Å². The third kappa shape index (κ3) is 4.42. The second-order valence-electron chi connectivity index (χ2n) is 5.79. The van der Waals surface area contributed by atoms with Crippen LogP contribution in [0.4, 0.5) is 4.39 Å². The Morgan fingerprint density at radius 3 is 2.50 bits per heavy atom. The van der Waals surface area contributed by atoms with Crippen molar-refractivity contribution in [3.05, 3.63) is 70.0 Å². The fourth-order valence-corrected chi connectivity index (χ4v) is 2.48. The Bertz CT molecular complexity index is 679. The first-order chi connectivity index (χ1) is 10.5. The quantitative estimate of drug-likeness (QED) is 0.888. The lowest BCUT2D eigenvalue weighted by atomic mass is 10.0. The van der Waals surface area contributed by atoms with Gasteiger partial charge in [0.2, 0.25) is 5.91 Å². The molecule has 2 rings (SSSR count). The van der Waals surface area contributed by atoms with E-state index in [2.05, 4.69) is 37.4 Å². The number of carbonyl (C=O) groups excluding carboxylic acids is 1. The van der Waals surface area contributed by atoms with Crippen LogP contribution in [0.1, 0.15) is 34.2 Å². The fraction of sp³-hybridized carbons (Fsp3) is 0.316. The molecule has 0 radical (unpaired) electrons. The maximum absolute atomic E-state index is 13.2. The lowest BCUT2D eigenvalue weighted by Gasteiger charge is -2.09. The van der Waals surface area contributed by atoms with E-state index in [-0.39, 0.29) is 11.7 Å². The van der Waals surface area contributed by atoms with E-state index in [1.807, 2.05) is 0 Å². The first-order valence-electron chi connectivity index (χ1n) is 7.53. The van der Waals surface area contributed by atoms with E-state index < -0.39 is 0 Å². The molecule has 1 amide bonds. The number of hydrogen-bond acceptors (Lipinski definition) is 1. The van der Waals surface area contributed by atoms with Crippen molar-refractivity contribution >= 4 is 5.91 Å². The highest BCUT2D eigenvalue weighted by Crippen LogP contribution is 2.13. The third-order valence-corrected chi connectivity index (χ3v) is 3.83. The molecule has 0 unspecified atom stereocenters. The Balaban J connectivity index is 1.84. The van der Waals surface area contributed by atoms with E-state index >= 15 is 0 Å². The number of rotatable bonds is 5. The first kappa shape index (κ1) is 16.2. The number of amides is 1. The summed E-state index contributed by atoms with van der Waals surface area (Å²) in [6, 6.07) is 11.2. The molecular weight excluding hydrogens is 277 g/mol. The Hall–Kier alpha value is -2.16. The molecule has 2 aromatic rings. The van der Waals surface area contributed by atoms with Crippen LogP contribution in [0, 0.1) is 26.6 Å². The van der Waals surface area contributed by atoms with Gasteiger partial charge in [-0.1, -0.05) is 35.9 Å². The molecule has 0 aliphatic heterocycles. The lowest BCUT2D eigenvalue weighted by molar-refractivity contribution is -0.121. The highest BCUT2D eigenvalue weighted by molar-refractivity contribution is 5.76. The lowest BCUT2D eigenvalue weighted by Crippen LogP contribution is -2.23. The molecule has 3 heteroatoms. The number of aryl methyl sites for hydroxylation is 4. The number of benzene rings is 2. The van der Waals surface area contributed by atoms with Gasteiger partial charge in [0.25, 0.3) is 0 Å². The van der Waals surface area contributed by atoms with Crippen molar-refractivity contribution in [1.82, 2.24) is 5.32 Å². The van der Waals surface area contributed by atoms with Gasteiger partial charge in [-0.15, -0.1) is 0 Å². The maximum Gasteiger partial charge on any atom is 0.220 e. The summed E-state index contributed by atoms with van der Waals surface area (Å²) in [7, 11) is 0. The van der Waals surface area contributed by atoms with Crippen LogP contribution < -0.4 is 5.32 Å². The van der Waals surface area contributed by atoms with Gasteiger partial charge in [-0.05, 0) is 55.5 Å². The number of nitrogens with one attached hydrogen (secondary N) is 1. The Morgan fingerprint density at radius 2 is 1.82 bits per heavy atom. The molecule has 22 heavy (non-hydrogen) atoms. The number of hydrogen-bond donors (Lipinski definition) is 1. The van der Waals surface area contributed by atoms with Crippen LogP contribution in [0.25, 0.3) is 0 Å². The second-order valence-corrected chi connectivity index (χ2v) is 5.79. The van der Waals surface area contributed by atoms with Gasteiger partial charge in [0, 0.05) is 13.0 Å². The van der Waals surface area contributed by atoms with Crippen LogP contribution in [0.15, 0.2) is 36.4 Å². The molecule has 2 nitrogen and oxygen atoms in total. The molecule has 2 aromatic carbocycles. The zero-order chi connectivity index (χ0) is 16.1. The van der Waals surface area contributed by atoms with Gasteiger partial charge in [0.15, 0.2) is 0 Å². The monoisotopic (exact) mass is 299 g/mol. The van der Waals surface area contributed by atoms with E-state index in [0.29, 0.717) is 18.5 Å². The minimum atomic E-state index is -0.218. The topological polar surface area (TPSA) is 29.1 Å². The first-order valence-corrected chi connectivity index (χ1v) is 7.53. The van der Waals surface area contributed by atoms with Gasteiger partial charge in [-0.25, -0.2) is 4.39 Å². The summed E-state index contributed by atoms with van der Waals surface area (Å²) in [5.74, 6) is -0.202. The molecule has 0 spiro atoms. The molecule has 0 aromatic heterocycles. The Labute approximate surface area is 131 Å². The van der Waals surface area contributed by atoms with Crippen LogP contribution in [0.2, 0.25) is 0 Å². The largest absolute Gasteiger partial charge is 0.352 e. The summed E-state index contributed by atoms with van der Waals surface area (Å²) in [6.45, 7) is 6.29. The molecular formula is C19H22FNO. The van der Waals surface area contributed by atoms with Gasteiger partial charge in [-0.2, -0.15) is 0 Å². The molecule has 0 atom stereocenters. The molecule has 0 fully saturated rings.